The molecule has 126 valence electrons. The molecule has 0 aliphatic heterocycles. The van der Waals surface area contributed by atoms with Crippen molar-refractivity contribution >= 4 is 11.8 Å². The second kappa shape index (κ2) is 7.54. The van der Waals surface area contributed by atoms with Gasteiger partial charge in [-0.15, -0.1) is 0 Å². The van der Waals surface area contributed by atoms with Crippen molar-refractivity contribution in [2.24, 2.45) is 0 Å². The van der Waals surface area contributed by atoms with Crippen molar-refractivity contribution in [1.29, 1.82) is 0 Å². The molecule has 0 amide bonds. The Morgan fingerprint density at radius 1 is 0.654 bits per heavy atom. The van der Waals surface area contributed by atoms with E-state index in [4.69, 9.17) is 4.98 Å². The summed E-state index contributed by atoms with van der Waals surface area (Å²) in [5.41, 5.74) is 4.34. The van der Waals surface area contributed by atoms with Crippen LogP contribution in [0.5, 0.6) is 0 Å². The lowest BCUT2D eigenvalue weighted by molar-refractivity contribution is 1.11. The van der Waals surface area contributed by atoms with E-state index in [-0.39, 0.29) is 0 Å². The molecule has 1 heterocycles. The molecule has 4 aromatic rings. The SMILES string of the molecule is Cc1ccccc1Sc1cnc(-c2ccccc2)nc1-c1ccccc1. The fraction of sp³-hybridized carbons (Fsp3) is 0.0435. The fourth-order valence-corrected chi connectivity index (χ4v) is 3.74. The Morgan fingerprint density at radius 3 is 1.96 bits per heavy atom. The molecule has 0 bridgehead atoms. The number of hydrogen-bond donors (Lipinski definition) is 0. The molecule has 0 aliphatic carbocycles. The lowest BCUT2D eigenvalue weighted by Gasteiger charge is -2.11. The van der Waals surface area contributed by atoms with Crippen LogP contribution in [-0.2, 0) is 0 Å². The molecule has 4 rings (SSSR count). The molecule has 0 saturated carbocycles. The highest BCUT2D eigenvalue weighted by molar-refractivity contribution is 7.99. The van der Waals surface area contributed by atoms with Crippen molar-refractivity contribution in [2.75, 3.05) is 0 Å². The summed E-state index contributed by atoms with van der Waals surface area (Å²) in [6.07, 6.45) is 1.94. The van der Waals surface area contributed by atoms with Gasteiger partial charge in [0.25, 0.3) is 0 Å². The Bertz CT molecular complexity index is 1010. The summed E-state index contributed by atoms with van der Waals surface area (Å²) in [4.78, 5) is 11.8. The molecule has 2 nitrogen and oxygen atoms in total. The summed E-state index contributed by atoms with van der Waals surface area (Å²) in [6, 6.07) is 28.8. The molecule has 0 unspecified atom stereocenters. The predicted molar refractivity (Wildman–Crippen MR) is 108 cm³/mol. The first-order valence-corrected chi connectivity index (χ1v) is 9.34. The normalized spacial score (nSPS) is 10.7. The number of rotatable bonds is 4. The van der Waals surface area contributed by atoms with Gasteiger partial charge < -0.3 is 0 Å². The molecule has 26 heavy (non-hydrogen) atoms. The lowest BCUT2D eigenvalue weighted by Crippen LogP contribution is -1.95. The molecule has 0 N–H and O–H groups in total. The maximum absolute atomic E-state index is 4.91. The van der Waals surface area contributed by atoms with Crippen LogP contribution in [0.25, 0.3) is 22.6 Å². The van der Waals surface area contributed by atoms with Crippen molar-refractivity contribution in [2.45, 2.75) is 16.7 Å². The monoisotopic (exact) mass is 354 g/mol. The highest BCUT2D eigenvalue weighted by Gasteiger charge is 2.13. The summed E-state index contributed by atoms with van der Waals surface area (Å²) < 4.78 is 0. The van der Waals surface area contributed by atoms with Crippen LogP contribution in [0.3, 0.4) is 0 Å². The van der Waals surface area contributed by atoms with Crippen molar-refractivity contribution in [3.63, 3.8) is 0 Å². The largest absolute Gasteiger partial charge is 0.235 e. The molecular formula is C23H18N2S. The highest BCUT2D eigenvalue weighted by Crippen LogP contribution is 2.36. The summed E-state index contributed by atoms with van der Waals surface area (Å²) >= 11 is 1.71. The number of hydrogen-bond acceptors (Lipinski definition) is 3. The summed E-state index contributed by atoms with van der Waals surface area (Å²) in [7, 11) is 0. The second-order valence-corrected chi connectivity index (χ2v) is 7.09. The molecule has 3 heteroatoms. The van der Waals surface area contributed by atoms with Crippen molar-refractivity contribution in [3.05, 3.63) is 96.7 Å². The quantitative estimate of drug-likeness (QED) is 0.432. The molecule has 0 radical (unpaired) electrons. The Morgan fingerprint density at radius 2 is 1.27 bits per heavy atom. The minimum absolute atomic E-state index is 0.749. The Balaban J connectivity index is 1.82. The van der Waals surface area contributed by atoms with E-state index in [1.165, 1.54) is 10.5 Å². The second-order valence-electron chi connectivity index (χ2n) is 6.01. The van der Waals surface area contributed by atoms with E-state index in [0.29, 0.717) is 0 Å². The Hall–Kier alpha value is -2.91. The van der Waals surface area contributed by atoms with Crippen molar-refractivity contribution in [3.8, 4) is 22.6 Å². The van der Waals surface area contributed by atoms with Crippen molar-refractivity contribution < 1.29 is 0 Å². The van der Waals surface area contributed by atoms with Gasteiger partial charge in [-0.2, -0.15) is 0 Å². The van der Waals surface area contributed by atoms with E-state index in [9.17, 15) is 0 Å². The van der Waals surface area contributed by atoms with Crippen LogP contribution >= 0.6 is 11.8 Å². The molecule has 0 atom stereocenters. The van der Waals surface area contributed by atoms with E-state index in [1.54, 1.807) is 11.8 Å². The first kappa shape index (κ1) is 16.6. The van der Waals surface area contributed by atoms with Gasteiger partial charge in [0.15, 0.2) is 5.82 Å². The molecule has 0 saturated heterocycles. The lowest BCUT2D eigenvalue weighted by atomic mass is 10.1. The van der Waals surface area contributed by atoms with Crippen LogP contribution in [0.15, 0.2) is 101 Å². The maximum Gasteiger partial charge on any atom is 0.159 e. The van der Waals surface area contributed by atoms with Gasteiger partial charge >= 0.3 is 0 Å². The molecule has 0 aliphatic rings. The zero-order chi connectivity index (χ0) is 17.8. The number of aryl methyl sites for hydroxylation is 1. The third-order valence-corrected chi connectivity index (χ3v) is 5.34. The van der Waals surface area contributed by atoms with E-state index in [2.05, 4.69) is 48.3 Å². The van der Waals surface area contributed by atoms with Crippen LogP contribution in [0, 0.1) is 6.92 Å². The van der Waals surface area contributed by atoms with Gasteiger partial charge in [0.05, 0.1) is 10.6 Å². The van der Waals surface area contributed by atoms with Crippen LogP contribution in [0.2, 0.25) is 0 Å². The van der Waals surface area contributed by atoms with Crippen LogP contribution in [-0.4, -0.2) is 9.97 Å². The Kier molecular flexibility index (Phi) is 4.80. The van der Waals surface area contributed by atoms with Gasteiger partial charge in [-0.1, -0.05) is 90.6 Å². The smallest absolute Gasteiger partial charge is 0.159 e. The van der Waals surface area contributed by atoms with Gasteiger partial charge in [-0.3, -0.25) is 0 Å². The van der Waals surface area contributed by atoms with Crippen molar-refractivity contribution in [1.82, 2.24) is 9.97 Å². The third-order valence-electron chi connectivity index (χ3n) is 4.15. The predicted octanol–water partition coefficient (Wildman–Crippen LogP) is 6.27. The van der Waals surface area contributed by atoms with Gasteiger partial charge in [0.1, 0.15) is 0 Å². The number of nitrogens with zero attached hydrogens (tertiary/aromatic N) is 2. The Labute approximate surface area is 158 Å². The maximum atomic E-state index is 4.91. The summed E-state index contributed by atoms with van der Waals surface area (Å²) in [5, 5.41) is 0. The van der Waals surface area contributed by atoms with Gasteiger partial charge in [-0.25, -0.2) is 9.97 Å². The van der Waals surface area contributed by atoms with Crippen LogP contribution in [0.1, 0.15) is 5.56 Å². The summed E-state index contributed by atoms with van der Waals surface area (Å²) in [5.74, 6) is 0.749. The molecule has 0 spiro atoms. The molecule has 1 aromatic heterocycles. The highest BCUT2D eigenvalue weighted by atomic mass is 32.2. The third kappa shape index (κ3) is 3.53. The van der Waals surface area contributed by atoms with E-state index >= 15 is 0 Å². The molecule has 3 aromatic carbocycles. The van der Waals surface area contributed by atoms with Crippen LogP contribution in [0.4, 0.5) is 0 Å². The van der Waals surface area contributed by atoms with Gasteiger partial charge in [0, 0.05) is 22.2 Å². The first-order valence-electron chi connectivity index (χ1n) is 8.52. The average molecular weight is 354 g/mol. The minimum atomic E-state index is 0.749. The number of aromatic nitrogens is 2. The molecular weight excluding hydrogens is 336 g/mol. The zero-order valence-corrected chi connectivity index (χ0v) is 15.3. The number of benzene rings is 3. The molecule has 0 fully saturated rings. The van der Waals surface area contributed by atoms with E-state index < -0.39 is 0 Å². The summed E-state index contributed by atoms with van der Waals surface area (Å²) in [6.45, 7) is 2.13. The van der Waals surface area contributed by atoms with Crippen LogP contribution < -0.4 is 0 Å². The standard InChI is InChI=1S/C23H18N2S/c1-17-10-8-9-15-20(17)26-21-16-24-23(19-13-6-3-7-14-19)25-22(21)18-11-4-2-5-12-18/h2-16H,1H3. The fourth-order valence-electron chi connectivity index (χ4n) is 2.76. The average Bonchev–Trinajstić information content (AvgIpc) is 2.71. The van der Waals surface area contributed by atoms with E-state index in [0.717, 1.165) is 27.5 Å². The topological polar surface area (TPSA) is 25.8 Å². The van der Waals surface area contributed by atoms with E-state index in [1.807, 2.05) is 54.7 Å². The zero-order valence-electron chi connectivity index (χ0n) is 14.5. The minimum Gasteiger partial charge on any atom is -0.235 e. The van der Waals surface area contributed by atoms with Gasteiger partial charge in [-0.05, 0) is 18.6 Å². The first-order chi connectivity index (χ1) is 12.8. The van der Waals surface area contributed by atoms with Gasteiger partial charge in [0.2, 0.25) is 0 Å².